The molecular weight excluding hydrogens is 403 g/mol. The zero-order chi connectivity index (χ0) is 21.4. The Morgan fingerprint density at radius 3 is 2.45 bits per heavy atom. The summed E-state index contributed by atoms with van der Waals surface area (Å²) in [5, 5.41) is 11.5. The maximum absolute atomic E-state index is 14.0. The van der Waals surface area contributed by atoms with E-state index in [9.17, 15) is 13.2 Å². The van der Waals surface area contributed by atoms with Crippen molar-refractivity contribution in [3.05, 3.63) is 71.8 Å². The van der Waals surface area contributed by atoms with Gasteiger partial charge in [-0.3, -0.25) is 9.88 Å². The molecule has 2 aromatic heterocycles. The largest absolute Gasteiger partial charge is 0.366 e. The van der Waals surface area contributed by atoms with Crippen LogP contribution in [0.1, 0.15) is 18.5 Å². The molecule has 1 aliphatic carbocycles. The summed E-state index contributed by atoms with van der Waals surface area (Å²) in [6, 6.07) is 10.9. The number of nitrogens with zero attached hydrogens (tertiary/aromatic N) is 4. The molecule has 5 nitrogen and oxygen atoms in total. The molecule has 3 aromatic rings. The Morgan fingerprint density at radius 1 is 0.968 bits per heavy atom. The second-order valence-electron chi connectivity index (χ2n) is 8.40. The minimum atomic E-state index is -1.24. The van der Waals surface area contributed by atoms with Gasteiger partial charge in [-0.05, 0) is 55.0 Å². The van der Waals surface area contributed by atoms with Crippen molar-refractivity contribution in [1.29, 1.82) is 0 Å². The third-order valence-electron chi connectivity index (χ3n) is 6.22. The predicted molar refractivity (Wildman–Crippen MR) is 110 cm³/mol. The van der Waals surface area contributed by atoms with Crippen molar-refractivity contribution in [3.63, 3.8) is 0 Å². The van der Waals surface area contributed by atoms with Gasteiger partial charge in [-0.2, -0.15) is 0 Å². The van der Waals surface area contributed by atoms with E-state index in [2.05, 4.69) is 31.5 Å². The van der Waals surface area contributed by atoms with Gasteiger partial charge in [0.15, 0.2) is 11.6 Å². The molecule has 0 radical (unpaired) electrons. The lowest BCUT2D eigenvalue weighted by Crippen LogP contribution is -2.25. The van der Waals surface area contributed by atoms with E-state index < -0.39 is 17.5 Å². The van der Waals surface area contributed by atoms with Gasteiger partial charge in [0, 0.05) is 43.5 Å². The number of nitrogens with one attached hydrogen (secondary N) is 1. The summed E-state index contributed by atoms with van der Waals surface area (Å²) in [7, 11) is 0. The molecule has 5 rings (SSSR count). The molecule has 3 heterocycles. The van der Waals surface area contributed by atoms with Crippen LogP contribution in [0.5, 0.6) is 0 Å². The van der Waals surface area contributed by atoms with Gasteiger partial charge in [0.2, 0.25) is 0 Å². The number of aromatic nitrogens is 3. The monoisotopic (exact) mass is 425 g/mol. The van der Waals surface area contributed by atoms with E-state index in [1.54, 1.807) is 6.07 Å². The van der Waals surface area contributed by atoms with E-state index in [1.807, 2.05) is 18.3 Å². The SMILES string of the molecule is Fc1cc(F)c(F)c(-c2ccc(NC3C[C@@H]4CN(Cc5ccccn5)C[C@@H]4C3)nn2)c1. The summed E-state index contributed by atoms with van der Waals surface area (Å²) in [5.74, 6) is -1.37. The molecule has 1 saturated heterocycles. The van der Waals surface area contributed by atoms with Crippen LogP contribution in [0, 0.1) is 29.3 Å². The minimum absolute atomic E-state index is 0.0925. The van der Waals surface area contributed by atoms with Gasteiger partial charge < -0.3 is 5.32 Å². The first kappa shape index (κ1) is 19.9. The molecule has 3 atom stereocenters. The predicted octanol–water partition coefficient (Wildman–Crippen LogP) is 4.28. The Balaban J connectivity index is 1.18. The quantitative estimate of drug-likeness (QED) is 0.619. The molecule has 1 saturated carbocycles. The van der Waals surface area contributed by atoms with Gasteiger partial charge in [0.1, 0.15) is 11.6 Å². The van der Waals surface area contributed by atoms with Gasteiger partial charge in [-0.25, -0.2) is 13.2 Å². The second-order valence-corrected chi connectivity index (χ2v) is 8.40. The lowest BCUT2D eigenvalue weighted by Gasteiger charge is -2.19. The summed E-state index contributed by atoms with van der Waals surface area (Å²) in [6.07, 6.45) is 3.94. The maximum Gasteiger partial charge on any atom is 0.168 e. The molecule has 160 valence electrons. The fourth-order valence-corrected chi connectivity index (χ4v) is 4.87. The van der Waals surface area contributed by atoms with E-state index in [4.69, 9.17) is 0 Å². The lowest BCUT2D eigenvalue weighted by atomic mass is 10.0. The van der Waals surface area contributed by atoms with Crippen LogP contribution in [-0.2, 0) is 6.54 Å². The topological polar surface area (TPSA) is 53.9 Å². The van der Waals surface area contributed by atoms with Crippen LogP contribution >= 0.6 is 0 Å². The molecule has 0 spiro atoms. The molecule has 2 aliphatic rings. The van der Waals surface area contributed by atoms with Crippen LogP contribution in [0.25, 0.3) is 11.3 Å². The highest BCUT2D eigenvalue weighted by Crippen LogP contribution is 2.39. The zero-order valence-electron chi connectivity index (χ0n) is 16.8. The van der Waals surface area contributed by atoms with Crippen LogP contribution in [0.2, 0.25) is 0 Å². The molecule has 2 fully saturated rings. The minimum Gasteiger partial charge on any atom is -0.366 e. The number of hydrogen-bond donors (Lipinski definition) is 1. The van der Waals surface area contributed by atoms with Crippen LogP contribution in [0.3, 0.4) is 0 Å². The van der Waals surface area contributed by atoms with Crippen molar-refractivity contribution >= 4 is 5.82 Å². The molecule has 1 N–H and O–H groups in total. The highest BCUT2D eigenvalue weighted by Gasteiger charge is 2.40. The highest BCUT2D eigenvalue weighted by atomic mass is 19.2. The second kappa shape index (κ2) is 8.26. The van der Waals surface area contributed by atoms with Crippen molar-refractivity contribution in [2.75, 3.05) is 18.4 Å². The van der Waals surface area contributed by atoms with Gasteiger partial charge in [-0.15, -0.1) is 10.2 Å². The first-order chi connectivity index (χ1) is 15.0. The van der Waals surface area contributed by atoms with Crippen molar-refractivity contribution in [3.8, 4) is 11.3 Å². The summed E-state index contributed by atoms with van der Waals surface area (Å²) in [5.41, 5.74) is 0.956. The number of pyridine rings is 1. The standard InChI is InChI=1S/C23H22F3N5/c24-16-9-19(23(26)20(25)10-16)21-4-5-22(30-29-21)28-18-7-14-11-31(12-15(14)8-18)13-17-3-1-2-6-27-17/h1-6,9-10,14-15,18H,7-8,11-13H2,(H,28,30)/t14-,15+,18?. The number of hydrogen-bond acceptors (Lipinski definition) is 5. The Morgan fingerprint density at radius 2 is 1.77 bits per heavy atom. The summed E-state index contributed by atoms with van der Waals surface area (Å²) in [6.45, 7) is 3.01. The third-order valence-corrected chi connectivity index (χ3v) is 6.22. The molecule has 0 amide bonds. The number of fused-ring (bicyclic) bond motifs is 1. The van der Waals surface area contributed by atoms with Gasteiger partial charge in [-0.1, -0.05) is 6.07 Å². The molecule has 1 aliphatic heterocycles. The van der Waals surface area contributed by atoms with Crippen molar-refractivity contribution < 1.29 is 13.2 Å². The normalized spacial score (nSPS) is 23.1. The van der Waals surface area contributed by atoms with Crippen molar-refractivity contribution in [2.24, 2.45) is 11.8 Å². The molecule has 0 bridgehead atoms. The smallest absolute Gasteiger partial charge is 0.168 e. The molecule has 8 heteroatoms. The summed E-state index contributed by atoms with van der Waals surface area (Å²) >= 11 is 0. The van der Waals surface area contributed by atoms with E-state index >= 15 is 0 Å². The first-order valence-corrected chi connectivity index (χ1v) is 10.4. The summed E-state index contributed by atoms with van der Waals surface area (Å²) < 4.78 is 40.8. The zero-order valence-corrected chi connectivity index (χ0v) is 16.8. The molecule has 1 aromatic carbocycles. The first-order valence-electron chi connectivity index (χ1n) is 10.4. The highest BCUT2D eigenvalue weighted by molar-refractivity contribution is 5.60. The van der Waals surface area contributed by atoms with Gasteiger partial charge >= 0.3 is 0 Å². The van der Waals surface area contributed by atoms with Gasteiger partial charge in [0.05, 0.1) is 11.4 Å². The number of benzene rings is 1. The average Bonchev–Trinajstić information content (AvgIpc) is 3.30. The van der Waals surface area contributed by atoms with Crippen molar-refractivity contribution in [2.45, 2.75) is 25.4 Å². The number of anilines is 1. The van der Waals surface area contributed by atoms with E-state index in [0.717, 1.165) is 44.2 Å². The molecule has 1 unspecified atom stereocenters. The van der Waals surface area contributed by atoms with Gasteiger partial charge in [0.25, 0.3) is 0 Å². The van der Waals surface area contributed by atoms with E-state index in [0.29, 0.717) is 29.8 Å². The fourth-order valence-electron chi connectivity index (χ4n) is 4.87. The number of rotatable bonds is 5. The maximum atomic E-state index is 14.0. The van der Waals surface area contributed by atoms with Crippen LogP contribution < -0.4 is 5.32 Å². The Kier molecular flexibility index (Phi) is 5.31. The summed E-state index contributed by atoms with van der Waals surface area (Å²) in [4.78, 5) is 6.88. The van der Waals surface area contributed by atoms with E-state index in [-0.39, 0.29) is 11.3 Å². The Hall–Kier alpha value is -3.00. The molecular formula is C23H22F3N5. The number of likely N-dealkylation sites (tertiary alicyclic amines) is 1. The average molecular weight is 425 g/mol. The van der Waals surface area contributed by atoms with E-state index in [1.165, 1.54) is 6.07 Å². The fraction of sp³-hybridized carbons (Fsp3) is 0.348. The number of halogens is 3. The van der Waals surface area contributed by atoms with Crippen LogP contribution in [0.4, 0.5) is 19.0 Å². The Bertz CT molecular complexity index is 1050. The molecule has 31 heavy (non-hydrogen) atoms. The van der Waals surface area contributed by atoms with Crippen LogP contribution in [-0.4, -0.2) is 39.2 Å². The van der Waals surface area contributed by atoms with Crippen LogP contribution in [0.15, 0.2) is 48.7 Å². The Labute approximate surface area is 178 Å². The third kappa shape index (κ3) is 4.25. The van der Waals surface area contributed by atoms with Crippen molar-refractivity contribution in [1.82, 2.24) is 20.1 Å². The lowest BCUT2D eigenvalue weighted by molar-refractivity contribution is 0.297.